The molecule has 0 fully saturated rings. The van der Waals surface area contributed by atoms with E-state index in [1.807, 2.05) is 0 Å². The molecule has 0 atom stereocenters. The van der Waals surface area contributed by atoms with Crippen molar-refractivity contribution in [2.45, 2.75) is 6.36 Å². The van der Waals surface area contributed by atoms with Crippen molar-refractivity contribution in [2.24, 2.45) is 0 Å². The minimum absolute atomic E-state index is 0.266. The number of hydrogen-bond donors (Lipinski definition) is 1. The molecule has 1 rings (SSSR count). The van der Waals surface area contributed by atoms with Crippen LogP contribution in [0.1, 0.15) is 0 Å². The topological polar surface area (TPSA) is 48.1 Å². The van der Waals surface area contributed by atoms with Crippen LogP contribution in [0.4, 0.5) is 19.0 Å². The molecule has 0 radical (unpaired) electrons. The highest BCUT2D eigenvalue weighted by atomic mass is 127. The van der Waals surface area contributed by atoms with Crippen molar-refractivity contribution in [3.63, 3.8) is 0 Å². The SMILES string of the molecule is Nc1nccc(I)c1OC(F)(F)F. The Balaban J connectivity index is 3.00. The molecule has 1 aromatic heterocycles. The Labute approximate surface area is 85.2 Å². The van der Waals surface area contributed by atoms with E-state index in [1.54, 1.807) is 22.6 Å². The second-order valence-electron chi connectivity index (χ2n) is 2.05. The third-order valence-corrected chi connectivity index (χ3v) is 1.95. The van der Waals surface area contributed by atoms with Crippen molar-refractivity contribution in [3.8, 4) is 5.75 Å². The summed E-state index contributed by atoms with van der Waals surface area (Å²) in [6.45, 7) is 0. The van der Waals surface area contributed by atoms with Crippen LogP contribution in [-0.2, 0) is 0 Å². The molecule has 7 heteroatoms. The quantitative estimate of drug-likeness (QED) is 0.809. The van der Waals surface area contributed by atoms with Crippen molar-refractivity contribution in [1.82, 2.24) is 4.98 Å². The predicted molar refractivity (Wildman–Crippen MR) is 48.0 cm³/mol. The van der Waals surface area contributed by atoms with Crippen molar-refractivity contribution < 1.29 is 17.9 Å². The molecule has 0 amide bonds. The maximum Gasteiger partial charge on any atom is 0.573 e. The summed E-state index contributed by atoms with van der Waals surface area (Å²) in [4.78, 5) is 3.47. The van der Waals surface area contributed by atoms with Crippen LogP contribution in [0.2, 0.25) is 0 Å². The van der Waals surface area contributed by atoms with Gasteiger partial charge in [-0.25, -0.2) is 4.98 Å². The van der Waals surface area contributed by atoms with Gasteiger partial charge in [0, 0.05) is 6.20 Å². The molecular formula is C6H4F3IN2O. The molecule has 0 bridgehead atoms. The summed E-state index contributed by atoms with van der Waals surface area (Å²) >= 11 is 1.68. The standard InChI is InChI=1S/C6H4F3IN2O/c7-6(8,9)13-4-3(10)1-2-12-5(4)11/h1-2H,(H2,11,12). The number of halogens is 4. The van der Waals surface area contributed by atoms with Gasteiger partial charge < -0.3 is 10.5 Å². The molecule has 1 heterocycles. The van der Waals surface area contributed by atoms with Crippen LogP contribution in [0.5, 0.6) is 5.75 Å². The molecule has 3 nitrogen and oxygen atoms in total. The summed E-state index contributed by atoms with van der Waals surface area (Å²) in [6.07, 6.45) is -3.43. The Morgan fingerprint density at radius 1 is 1.46 bits per heavy atom. The lowest BCUT2D eigenvalue weighted by atomic mass is 10.4. The van der Waals surface area contributed by atoms with Gasteiger partial charge in [0.1, 0.15) is 0 Å². The van der Waals surface area contributed by atoms with Crippen LogP contribution in [-0.4, -0.2) is 11.3 Å². The van der Waals surface area contributed by atoms with Crippen LogP contribution in [0.3, 0.4) is 0 Å². The fourth-order valence-electron chi connectivity index (χ4n) is 0.656. The van der Waals surface area contributed by atoms with Crippen LogP contribution < -0.4 is 10.5 Å². The van der Waals surface area contributed by atoms with Crippen LogP contribution >= 0.6 is 22.6 Å². The number of nitrogens with zero attached hydrogens (tertiary/aromatic N) is 1. The smallest absolute Gasteiger partial charge is 0.401 e. The lowest BCUT2D eigenvalue weighted by Crippen LogP contribution is -2.19. The molecule has 0 unspecified atom stereocenters. The first-order chi connectivity index (χ1) is 5.90. The molecule has 0 saturated heterocycles. The van der Waals surface area contributed by atoms with Gasteiger partial charge in [-0.3, -0.25) is 0 Å². The number of alkyl halides is 3. The number of nitrogens with two attached hydrogens (primary N) is 1. The van der Waals surface area contributed by atoms with Gasteiger partial charge in [0.05, 0.1) is 3.57 Å². The molecule has 0 aliphatic rings. The van der Waals surface area contributed by atoms with E-state index in [4.69, 9.17) is 5.73 Å². The minimum Gasteiger partial charge on any atom is -0.401 e. The Bertz CT molecular complexity index is 295. The minimum atomic E-state index is -4.74. The molecule has 0 aliphatic heterocycles. The van der Waals surface area contributed by atoms with Crippen molar-refractivity contribution >= 4 is 28.4 Å². The highest BCUT2D eigenvalue weighted by Gasteiger charge is 2.33. The molecule has 2 N–H and O–H groups in total. The lowest BCUT2D eigenvalue weighted by molar-refractivity contribution is -0.274. The molecular weight excluding hydrogens is 300 g/mol. The Morgan fingerprint density at radius 2 is 2.08 bits per heavy atom. The van der Waals surface area contributed by atoms with Gasteiger partial charge in [0.25, 0.3) is 0 Å². The fraction of sp³-hybridized carbons (Fsp3) is 0.167. The summed E-state index contributed by atoms with van der Waals surface area (Å²) < 4.78 is 39.3. The Hall–Kier alpha value is -0.730. The summed E-state index contributed by atoms with van der Waals surface area (Å²) in [6, 6.07) is 1.37. The van der Waals surface area contributed by atoms with Crippen molar-refractivity contribution in [2.75, 3.05) is 5.73 Å². The molecule has 0 aliphatic carbocycles. The highest BCUT2D eigenvalue weighted by Crippen LogP contribution is 2.30. The largest absolute Gasteiger partial charge is 0.573 e. The van der Waals surface area contributed by atoms with Gasteiger partial charge in [-0.05, 0) is 28.7 Å². The van der Waals surface area contributed by atoms with Gasteiger partial charge in [-0.2, -0.15) is 0 Å². The average Bonchev–Trinajstić information content (AvgIpc) is 1.95. The highest BCUT2D eigenvalue weighted by molar-refractivity contribution is 14.1. The molecule has 0 spiro atoms. The van der Waals surface area contributed by atoms with Crippen molar-refractivity contribution in [1.29, 1.82) is 0 Å². The monoisotopic (exact) mass is 304 g/mol. The fourth-order valence-corrected chi connectivity index (χ4v) is 1.20. The van der Waals surface area contributed by atoms with E-state index < -0.39 is 12.1 Å². The van der Waals surface area contributed by atoms with Crippen LogP contribution in [0, 0.1) is 3.57 Å². The van der Waals surface area contributed by atoms with Gasteiger partial charge in [-0.1, -0.05) is 0 Å². The van der Waals surface area contributed by atoms with E-state index in [-0.39, 0.29) is 9.39 Å². The number of anilines is 1. The second kappa shape index (κ2) is 3.56. The van der Waals surface area contributed by atoms with Crippen LogP contribution in [0.15, 0.2) is 12.3 Å². The maximum atomic E-state index is 11.8. The zero-order chi connectivity index (χ0) is 10.1. The molecule has 0 aromatic carbocycles. The zero-order valence-electron chi connectivity index (χ0n) is 6.10. The third kappa shape index (κ3) is 2.90. The maximum absolute atomic E-state index is 11.8. The number of aromatic nitrogens is 1. The first-order valence-electron chi connectivity index (χ1n) is 3.06. The normalized spacial score (nSPS) is 11.4. The molecule has 72 valence electrons. The van der Waals surface area contributed by atoms with E-state index in [2.05, 4.69) is 9.72 Å². The molecule has 1 aromatic rings. The summed E-state index contributed by atoms with van der Waals surface area (Å²) in [5.74, 6) is -0.722. The molecule has 13 heavy (non-hydrogen) atoms. The van der Waals surface area contributed by atoms with Gasteiger partial charge in [0.2, 0.25) is 0 Å². The van der Waals surface area contributed by atoms with E-state index in [0.29, 0.717) is 0 Å². The first kappa shape index (κ1) is 10.4. The number of rotatable bonds is 1. The van der Waals surface area contributed by atoms with Gasteiger partial charge in [-0.15, -0.1) is 13.2 Å². The number of hydrogen-bond acceptors (Lipinski definition) is 3. The molecule has 0 saturated carbocycles. The van der Waals surface area contributed by atoms with Crippen molar-refractivity contribution in [3.05, 3.63) is 15.8 Å². The second-order valence-corrected chi connectivity index (χ2v) is 3.22. The predicted octanol–water partition coefficient (Wildman–Crippen LogP) is 2.17. The van der Waals surface area contributed by atoms with Gasteiger partial charge in [0.15, 0.2) is 11.6 Å². The third-order valence-electron chi connectivity index (χ3n) is 1.10. The Kier molecular flexibility index (Phi) is 2.84. The van der Waals surface area contributed by atoms with E-state index in [9.17, 15) is 13.2 Å². The summed E-state index contributed by atoms with van der Waals surface area (Å²) in [5.41, 5.74) is 5.19. The zero-order valence-corrected chi connectivity index (χ0v) is 8.26. The van der Waals surface area contributed by atoms with E-state index >= 15 is 0 Å². The lowest BCUT2D eigenvalue weighted by Gasteiger charge is -2.11. The summed E-state index contributed by atoms with van der Waals surface area (Å²) in [7, 11) is 0. The first-order valence-corrected chi connectivity index (χ1v) is 4.14. The van der Waals surface area contributed by atoms with Gasteiger partial charge >= 0.3 is 6.36 Å². The number of pyridine rings is 1. The average molecular weight is 304 g/mol. The van der Waals surface area contributed by atoms with Crippen LogP contribution in [0.25, 0.3) is 0 Å². The van der Waals surface area contributed by atoms with E-state index in [0.717, 1.165) is 0 Å². The summed E-state index contributed by atoms with van der Waals surface area (Å²) in [5, 5.41) is 0. The number of nitrogen functional groups attached to an aromatic ring is 1. The number of ether oxygens (including phenoxy) is 1. The Morgan fingerprint density at radius 3 is 2.54 bits per heavy atom. The van der Waals surface area contributed by atoms with E-state index in [1.165, 1.54) is 12.3 Å².